The van der Waals surface area contributed by atoms with E-state index in [1.165, 1.54) is 0 Å². The van der Waals surface area contributed by atoms with Crippen LogP contribution >= 0.6 is 0 Å². The number of aromatic nitrogens is 2. The fraction of sp³-hybridized carbons (Fsp3) is 0.636. The molecule has 2 heterocycles. The minimum Gasteiger partial charge on any atom is -0.387 e. The summed E-state index contributed by atoms with van der Waals surface area (Å²) in [5.41, 5.74) is 0.321. The number of β-amino-alcohol motifs (C(OH)–C–C–N with tert-alkyl or cyclic N) is 1. The lowest BCUT2D eigenvalue weighted by molar-refractivity contribution is 0.0651. The van der Waals surface area contributed by atoms with Crippen LogP contribution in [0.3, 0.4) is 0 Å². The zero-order valence-corrected chi connectivity index (χ0v) is 9.77. The molecule has 2 rings (SSSR count). The summed E-state index contributed by atoms with van der Waals surface area (Å²) in [5.74, 6) is 0.902. The highest BCUT2D eigenvalue weighted by Crippen LogP contribution is 2.24. The molecule has 0 aromatic carbocycles. The molecule has 1 aliphatic heterocycles. The van der Waals surface area contributed by atoms with Gasteiger partial charge in [0.1, 0.15) is 12.1 Å². The van der Waals surface area contributed by atoms with Gasteiger partial charge in [0.05, 0.1) is 5.60 Å². The lowest BCUT2D eigenvalue weighted by Crippen LogP contribution is -2.42. The van der Waals surface area contributed by atoms with Gasteiger partial charge >= 0.3 is 0 Å². The van der Waals surface area contributed by atoms with Crippen molar-refractivity contribution < 1.29 is 5.11 Å². The first kappa shape index (κ1) is 11.3. The number of rotatable bonds is 3. The van der Waals surface area contributed by atoms with Gasteiger partial charge in [-0.05, 0) is 20.4 Å². The average Bonchev–Trinajstić information content (AvgIpc) is 2.61. The summed E-state index contributed by atoms with van der Waals surface area (Å²) >= 11 is 0. The van der Waals surface area contributed by atoms with Crippen molar-refractivity contribution in [3.05, 3.63) is 18.1 Å². The van der Waals surface area contributed by atoms with Crippen molar-refractivity contribution >= 4 is 5.82 Å². The molecule has 1 aliphatic rings. The third-order valence-electron chi connectivity index (χ3n) is 2.95. The van der Waals surface area contributed by atoms with E-state index in [0.29, 0.717) is 13.1 Å². The molecule has 0 amide bonds. The van der Waals surface area contributed by atoms with E-state index in [1.807, 2.05) is 20.0 Å². The highest BCUT2D eigenvalue weighted by Gasteiger charge is 2.35. The zero-order chi connectivity index (χ0) is 11.6. The second-order valence-electron chi connectivity index (χ2n) is 4.44. The first-order valence-electron chi connectivity index (χ1n) is 5.53. The van der Waals surface area contributed by atoms with Gasteiger partial charge in [-0.25, -0.2) is 9.97 Å². The SMILES string of the molecule is CNCC1(O)CCN(c2cc(C)ncn2)C1. The summed E-state index contributed by atoms with van der Waals surface area (Å²) in [6.45, 7) is 4.04. The fourth-order valence-corrected chi connectivity index (χ4v) is 2.14. The predicted molar refractivity (Wildman–Crippen MR) is 62.5 cm³/mol. The Hall–Kier alpha value is -1.20. The van der Waals surface area contributed by atoms with Gasteiger partial charge in [-0.1, -0.05) is 0 Å². The Labute approximate surface area is 95.5 Å². The molecule has 0 saturated carbocycles. The minimum atomic E-state index is -0.631. The van der Waals surface area contributed by atoms with Crippen LogP contribution in [-0.4, -0.2) is 47.4 Å². The maximum Gasteiger partial charge on any atom is 0.132 e. The summed E-state index contributed by atoms with van der Waals surface area (Å²) in [7, 11) is 1.86. The number of hydrogen-bond donors (Lipinski definition) is 2. The number of aryl methyl sites for hydroxylation is 1. The molecule has 0 aliphatic carbocycles. The molecule has 16 heavy (non-hydrogen) atoms. The number of anilines is 1. The molecular formula is C11H18N4O. The van der Waals surface area contributed by atoms with Crippen LogP contribution < -0.4 is 10.2 Å². The van der Waals surface area contributed by atoms with Crippen molar-refractivity contribution in [3.8, 4) is 0 Å². The lowest BCUT2D eigenvalue weighted by Gasteiger charge is -2.23. The highest BCUT2D eigenvalue weighted by atomic mass is 16.3. The highest BCUT2D eigenvalue weighted by molar-refractivity contribution is 5.41. The predicted octanol–water partition coefficient (Wildman–Crippen LogP) is -0.0544. The number of aliphatic hydroxyl groups is 1. The van der Waals surface area contributed by atoms with Gasteiger partial charge in [0.15, 0.2) is 0 Å². The van der Waals surface area contributed by atoms with Crippen LogP contribution in [0.2, 0.25) is 0 Å². The molecule has 1 unspecified atom stereocenters. The number of likely N-dealkylation sites (N-methyl/N-ethyl adjacent to an activating group) is 1. The average molecular weight is 222 g/mol. The topological polar surface area (TPSA) is 61.3 Å². The van der Waals surface area contributed by atoms with Crippen LogP contribution in [0, 0.1) is 6.92 Å². The van der Waals surface area contributed by atoms with Crippen molar-refractivity contribution in [3.63, 3.8) is 0 Å². The maximum atomic E-state index is 10.2. The number of nitrogens with zero attached hydrogens (tertiary/aromatic N) is 3. The molecule has 1 saturated heterocycles. The lowest BCUT2D eigenvalue weighted by atomic mass is 10.0. The second-order valence-corrected chi connectivity index (χ2v) is 4.44. The molecular weight excluding hydrogens is 204 g/mol. The molecule has 1 fully saturated rings. The molecule has 1 aromatic rings. The Balaban J connectivity index is 2.09. The molecule has 1 aromatic heterocycles. The molecule has 5 nitrogen and oxygen atoms in total. The van der Waals surface area contributed by atoms with Crippen molar-refractivity contribution in [2.75, 3.05) is 31.6 Å². The molecule has 5 heteroatoms. The van der Waals surface area contributed by atoms with E-state index in [2.05, 4.69) is 20.2 Å². The first-order valence-corrected chi connectivity index (χ1v) is 5.53. The Bertz CT molecular complexity index is 371. The van der Waals surface area contributed by atoms with E-state index in [1.54, 1.807) is 6.33 Å². The van der Waals surface area contributed by atoms with E-state index >= 15 is 0 Å². The molecule has 0 bridgehead atoms. The summed E-state index contributed by atoms with van der Waals surface area (Å²) in [4.78, 5) is 10.4. The van der Waals surface area contributed by atoms with E-state index in [9.17, 15) is 5.11 Å². The quantitative estimate of drug-likeness (QED) is 0.750. The van der Waals surface area contributed by atoms with E-state index in [-0.39, 0.29) is 0 Å². The number of hydrogen-bond acceptors (Lipinski definition) is 5. The van der Waals surface area contributed by atoms with Crippen LogP contribution in [0.1, 0.15) is 12.1 Å². The standard InChI is InChI=1S/C11H18N4O/c1-9-5-10(14-8-13-9)15-4-3-11(16,7-15)6-12-2/h5,8,12,16H,3-4,6-7H2,1-2H3. The molecule has 0 radical (unpaired) electrons. The largest absolute Gasteiger partial charge is 0.387 e. The zero-order valence-electron chi connectivity index (χ0n) is 9.77. The smallest absolute Gasteiger partial charge is 0.132 e. The fourth-order valence-electron chi connectivity index (χ4n) is 2.14. The van der Waals surface area contributed by atoms with Gasteiger partial charge in [-0.2, -0.15) is 0 Å². The molecule has 1 atom stereocenters. The van der Waals surface area contributed by atoms with Gasteiger partial charge < -0.3 is 15.3 Å². The summed E-state index contributed by atoms with van der Waals surface area (Å²) < 4.78 is 0. The van der Waals surface area contributed by atoms with Crippen LogP contribution in [-0.2, 0) is 0 Å². The van der Waals surface area contributed by atoms with Crippen LogP contribution in [0.5, 0.6) is 0 Å². The van der Waals surface area contributed by atoms with Crippen LogP contribution in [0.15, 0.2) is 12.4 Å². The monoisotopic (exact) mass is 222 g/mol. The van der Waals surface area contributed by atoms with Gasteiger partial charge in [-0.15, -0.1) is 0 Å². The molecule has 88 valence electrons. The van der Waals surface area contributed by atoms with E-state index in [4.69, 9.17) is 0 Å². The maximum absolute atomic E-state index is 10.2. The van der Waals surface area contributed by atoms with Gasteiger partial charge in [-0.3, -0.25) is 0 Å². The Morgan fingerprint density at radius 2 is 2.38 bits per heavy atom. The van der Waals surface area contributed by atoms with Crippen molar-refractivity contribution in [2.45, 2.75) is 18.9 Å². The molecule has 0 spiro atoms. The van der Waals surface area contributed by atoms with Gasteiger partial charge in [0, 0.05) is 31.4 Å². The van der Waals surface area contributed by atoms with Crippen LogP contribution in [0.4, 0.5) is 5.82 Å². The van der Waals surface area contributed by atoms with Gasteiger partial charge in [0.25, 0.3) is 0 Å². The van der Waals surface area contributed by atoms with Crippen molar-refractivity contribution in [2.24, 2.45) is 0 Å². The summed E-state index contributed by atoms with van der Waals surface area (Å²) in [6, 6.07) is 1.95. The first-order chi connectivity index (χ1) is 7.63. The van der Waals surface area contributed by atoms with Crippen molar-refractivity contribution in [1.82, 2.24) is 15.3 Å². The summed E-state index contributed by atoms with van der Waals surface area (Å²) in [6.07, 6.45) is 2.34. The van der Waals surface area contributed by atoms with E-state index < -0.39 is 5.60 Å². The van der Waals surface area contributed by atoms with Crippen LogP contribution in [0.25, 0.3) is 0 Å². The Morgan fingerprint density at radius 1 is 1.56 bits per heavy atom. The van der Waals surface area contributed by atoms with Gasteiger partial charge in [0.2, 0.25) is 0 Å². The van der Waals surface area contributed by atoms with E-state index in [0.717, 1.165) is 24.5 Å². The van der Waals surface area contributed by atoms with Crippen molar-refractivity contribution in [1.29, 1.82) is 0 Å². The second kappa shape index (κ2) is 4.35. The third-order valence-corrected chi connectivity index (χ3v) is 2.95. The summed E-state index contributed by atoms with van der Waals surface area (Å²) in [5, 5.41) is 13.3. The Kier molecular flexibility index (Phi) is 3.07. The molecule has 2 N–H and O–H groups in total. The minimum absolute atomic E-state index is 0.619. The third kappa shape index (κ3) is 2.31. The number of nitrogens with one attached hydrogen (secondary N) is 1. The normalized spacial score (nSPS) is 25.1. The Morgan fingerprint density at radius 3 is 3.06 bits per heavy atom.